The van der Waals surface area contributed by atoms with Gasteiger partial charge in [0.05, 0.1) is 6.54 Å². The van der Waals surface area contributed by atoms with E-state index in [2.05, 4.69) is 22.1 Å². The van der Waals surface area contributed by atoms with Gasteiger partial charge >= 0.3 is 0 Å². The Morgan fingerprint density at radius 3 is 2.63 bits per heavy atom. The molecule has 1 N–H and O–H groups in total. The lowest BCUT2D eigenvalue weighted by atomic mass is 10.2. The lowest BCUT2D eigenvalue weighted by Gasteiger charge is -2.12. The molecule has 0 saturated heterocycles. The number of pyridine rings is 1. The first kappa shape index (κ1) is 18.3. The summed E-state index contributed by atoms with van der Waals surface area (Å²) >= 11 is 0. The average Bonchev–Trinajstić information content (AvgIpc) is 2.70. The smallest absolute Gasteiger partial charge is 0.252 e. The van der Waals surface area contributed by atoms with E-state index in [1.807, 2.05) is 61.5 Å². The van der Waals surface area contributed by atoms with Crippen LogP contribution in [0.15, 0.2) is 60.8 Å². The van der Waals surface area contributed by atoms with Crippen molar-refractivity contribution in [2.24, 2.45) is 0 Å². The number of fused-ring (bicyclic) bond motifs is 1. The van der Waals surface area contributed by atoms with Crippen LogP contribution in [0.4, 0.5) is 5.69 Å². The van der Waals surface area contributed by atoms with Crippen LogP contribution in [-0.4, -0.2) is 38.1 Å². The normalized spacial score (nSPS) is 10.0. The Kier molecular flexibility index (Phi) is 5.91. The predicted molar refractivity (Wildman–Crippen MR) is 108 cm³/mol. The summed E-state index contributed by atoms with van der Waals surface area (Å²) in [6, 6.07) is 17.1. The fourth-order valence-corrected chi connectivity index (χ4v) is 2.56. The van der Waals surface area contributed by atoms with Gasteiger partial charge in [-0.25, -0.2) is 0 Å². The Morgan fingerprint density at radius 1 is 1.07 bits per heavy atom. The monoisotopic (exact) mass is 359 g/mol. The van der Waals surface area contributed by atoms with Gasteiger partial charge in [0.15, 0.2) is 0 Å². The molecular weight excluding hydrogens is 338 g/mol. The maximum atomic E-state index is 12.1. The summed E-state index contributed by atoms with van der Waals surface area (Å²) in [5.74, 6) is 6.36. The third-order valence-corrected chi connectivity index (χ3v) is 4.00. The number of aromatic nitrogens is 1. The molecular formula is C22H21N3O2. The first-order valence-electron chi connectivity index (χ1n) is 8.63. The van der Waals surface area contributed by atoms with E-state index in [-0.39, 0.29) is 19.1 Å². The van der Waals surface area contributed by atoms with Gasteiger partial charge in [0.1, 0.15) is 17.9 Å². The Labute approximate surface area is 159 Å². The summed E-state index contributed by atoms with van der Waals surface area (Å²) in [5.41, 5.74) is 2.48. The fraction of sp³-hybridized carbons (Fsp3) is 0.182. The highest BCUT2D eigenvalue weighted by molar-refractivity contribution is 5.94. The van der Waals surface area contributed by atoms with Crippen molar-refractivity contribution in [3.63, 3.8) is 0 Å². The lowest BCUT2D eigenvalue weighted by molar-refractivity contribution is 0.0958. The van der Waals surface area contributed by atoms with Crippen LogP contribution in [0.1, 0.15) is 10.4 Å². The van der Waals surface area contributed by atoms with Gasteiger partial charge in [-0.15, -0.1) is 0 Å². The van der Waals surface area contributed by atoms with Crippen molar-refractivity contribution in [2.75, 3.05) is 32.1 Å². The average molecular weight is 359 g/mol. The molecule has 1 heterocycles. The Hall–Kier alpha value is -3.52. The van der Waals surface area contributed by atoms with Gasteiger partial charge in [0.2, 0.25) is 0 Å². The van der Waals surface area contributed by atoms with E-state index in [1.54, 1.807) is 18.3 Å². The number of carbonyl (C=O) groups excluding carboxylic acids is 1. The topological polar surface area (TPSA) is 54.5 Å². The van der Waals surface area contributed by atoms with Gasteiger partial charge in [-0.2, -0.15) is 0 Å². The number of para-hydroxylation sites is 1. The molecule has 0 saturated carbocycles. The summed E-state index contributed by atoms with van der Waals surface area (Å²) in [6.07, 6.45) is 1.74. The summed E-state index contributed by atoms with van der Waals surface area (Å²) in [4.78, 5) is 18.4. The number of hydrogen-bond acceptors (Lipinski definition) is 4. The van der Waals surface area contributed by atoms with Crippen LogP contribution >= 0.6 is 0 Å². The van der Waals surface area contributed by atoms with Gasteiger partial charge < -0.3 is 15.0 Å². The van der Waals surface area contributed by atoms with E-state index in [0.717, 1.165) is 16.6 Å². The van der Waals surface area contributed by atoms with Gasteiger partial charge in [-0.3, -0.25) is 9.78 Å². The van der Waals surface area contributed by atoms with Crippen LogP contribution in [0.5, 0.6) is 5.75 Å². The molecule has 0 atom stereocenters. The Bertz CT molecular complexity index is 980. The van der Waals surface area contributed by atoms with Crippen LogP contribution in [0.2, 0.25) is 0 Å². The molecule has 2 aromatic carbocycles. The van der Waals surface area contributed by atoms with Crippen molar-refractivity contribution >= 4 is 22.5 Å². The Balaban J connectivity index is 1.48. The molecule has 136 valence electrons. The third kappa shape index (κ3) is 4.77. The molecule has 0 aliphatic carbocycles. The standard InChI is InChI=1S/C22H21N3O2/c1-25(2)19-12-10-18(11-13-19)22(26)24-14-3-4-16-27-20-9-5-7-17-8-6-15-23-21(17)20/h5-13,15H,14,16H2,1-2H3,(H,24,26). The SMILES string of the molecule is CN(C)c1ccc(C(=O)NCC#CCOc2cccc3cccnc23)cc1. The number of rotatable bonds is 5. The number of amides is 1. The number of nitrogens with one attached hydrogen (secondary N) is 1. The molecule has 5 heteroatoms. The quantitative estimate of drug-likeness (QED) is 0.711. The van der Waals surface area contributed by atoms with Gasteiger partial charge in [0.25, 0.3) is 5.91 Å². The molecule has 0 unspecified atom stereocenters. The van der Waals surface area contributed by atoms with Crippen molar-refractivity contribution < 1.29 is 9.53 Å². The second-order valence-electron chi connectivity index (χ2n) is 6.10. The maximum Gasteiger partial charge on any atom is 0.252 e. The van der Waals surface area contributed by atoms with E-state index >= 15 is 0 Å². The van der Waals surface area contributed by atoms with Crippen molar-refractivity contribution in [1.29, 1.82) is 0 Å². The molecule has 0 bridgehead atoms. The van der Waals surface area contributed by atoms with Crippen molar-refractivity contribution in [3.05, 3.63) is 66.4 Å². The molecule has 27 heavy (non-hydrogen) atoms. The van der Waals surface area contributed by atoms with E-state index < -0.39 is 0 Å². The molecule has 1 aromatic heterocycles. The lowest BCUT2D eigenvalue weighted by Crippen LogP contribution is -2.23. The maximum absolute atomic E-state index is 12.1. The first-order chi connectivity index (χ1) is 13.1. The van der Waals surface area contributed by atoms with Gasteiger partial charge in [-0.1, -0.05) is 30.0 Å². The molecule has 5 nitrogen and oxygen atoms in total. The van der Waals surface area contributed by atoms with Crippen molar-refractivity contribution in [2.45, 2.75) is 0 Å². The molecule has 0 spiro atoms. The second-order valence-corrected chi connectivity index (χ2v) is 6.10. The number of hydrogen-bond donors (Lipinski definition) is 1. The number of benzene rings is 2. The summed E-state index contributed by atoms with van der Waals surface area (Å²) in [6.45, 7) is 0.508. The first-order valence-corrected chi connectivity index (χ1v) is 8.63. The number of carbonyl (C=O) groups is 1. The van der Waals surface area contributed by atoms with Crippen LogP contribution in [0.25, 0.3) is 10.9 Å². The molecule has 1 amide bonds. The summed E-state index contributed by atoms with van der Waals surface area (Å²) in [5, 5.41) is 3.81. The Morgan fingerprint density at radius 2 is 1.85 bits per heavy atom. The highest BCUT2D eigenvalue weighted by Crippen LogP contribution is 2.22. The highest BCUT2D eigenvalue weighted by Gasteiger charge is 2.04. The number of anilines is 1. The number of nitrogens with zero attached hydrogens (tertiary/aromatic N) is 2. The van der Waals surface area contributed by atoms with Crippen LogP contribution in [0, 0.1) is 11.8 Å². The zero-order valence-electron chi connectivity index (χ0n) is 15.4. The van der Waals surface area contributed by atoms with E-state index in [4.69, 9.17) is 4.74 Å². The van der Waals surface area contributed by atoms with Crippen LogP contribution in [0.3, 0.4) is 0 Å². The zero-order chi connectivity index (χ0) is 19.1. The minimum absolute atomic E-state index is 0.145. The molecule has 0 aliphatic heterocycles. The van der Waals surface area contributed by atoms with Gasteiger partial charge in [-0.05, 0) is 36.4 Å². The minimum atomic E-state index is -0.145. The number of ether oxygens (including phenoxy) is 1. The fourth-order valence-electron chi connectivity index (χ4n) is 2.56. The predicted octanol–water partition coefficient (Wildman–Crippen LogP) is 3.11. The van der Waals surface area contributed by atoms with E-state index in [1.165, 1.54) is 0 Å². The molecule has 3 aromatic rings. The molecule has 0 aliphatic rings. The van der Waals surface area contributed by atoms with Gasteiger partial charge in [0, 0.05) is 36.9 Å². The van der Waals surface area contributed by atoms with Crippen molar-refractivity contribution in [3.8, 4) is 17.6 Å². The largest absolute Gasteiger partial charge is 0.479 e. The van der Waals surface area contributed by atoms with Crippen molar-refractivity contribution in [1.82, 2.24) is 10.3 Å². The molecule has 0 fully saturated rings. The summed E-state index contributed by atoms with van der Waals surface area (Å²) in [7, 11) is 3.92. The van der Waals surface area contributed by atoms with E-state index in [0.29, 0.717) is 11.3 Å². The molecule has 0 radical (unpaired) electrons. The second kappa shape index (κ2) is 8.72. The van der Waals surface area contributed by atoms with Crippen LogP contribution < -0.4 is 15.0 Å². The van der Waals surface area contributed by atoms with E-state index in [9.17, 15) is 4.79 Å². The third-order valence-electron chi connectivity index (χ3n) is 4.00. The minimum Gasteiger partial charge on any atom is -0.479 e. The molecule has 3 rings (SSSR count). The highest BCUT2D eigenvalue weighted by atomic mass is 16.5. The van der Waals surface area contributed by atoms with Crippen LogP contribution in [-0.2, 0) is 0 Å². The summed E-state index contributed by atoms with van der Waals surface area (Å²) < 4.78 is 5.69. The zero-order valence-corrected chi connectivity index (χ0v) is 15.4.